The number of aromatic nitrogens is 2. The molecule has 3 rings (SSSR count). The Labute approximate surface area is 108 Å². The Morgan fingerprint density at radius 1 is 1.39 bits per heavy atom. The van der Waals surface area contributed by atoms with Gasteiger partial charge in [-0.15, -0.1) is 0 Å². The molecular weight excluding hydrogens is 228 g/mol. The van der Waals surface area contributed by atoms with Crippen molar-refractivity contribution in [1.29, 1.82) is 0 Å². The Balaban J connectivity index is 1.56. The van der Waals surface area contributed by atoms with Crippen LogP contribution in [-0.2, 0) is 4.74 Å². The number of anilines is 1. The van der Waals surface area contributed by atoms with Crippen LogP contribution in [0.3, 0.4) is 0 Å². The number of hydrogen-bond acceptors (Lipinski definition) is 5. The number of nitrogens with zero attached hydrogens (tertiary/aromatic N) is 4. The molecule has 1 aromatic rings. The summed E-state index contributed by atoms with van der Waals surface area (Å²) in [6, 6.07) is 1.85. The van der Waals surface area contributed by atoms with Gasteiger partial charge in [-0.1, -0.05) is 0 Å². The first-order valence-corrected chi connectivity index (χ1v) is 6.45. The van der Waals surface area contributed by atoms with Crippen molar-refractivity contribution in [3.63, 3.8) is 0 Å². The fourth-order valence-corrected chi connectivity index (χ4v) is 3.00. The molecule has 5 nitrogen and oxygen atoms in total. The minimum Gasteiger partial charge on any atom is -0.376 e. The van der Waals surface area contributed by atoms with Crippen molar-refractivity contribution in [2.24, 2.45) is 5.41 Å². The number of hydrogen-bond donors (Lipinski definition) is 0. The largest absolute Gasteiger partial charge is 0.376 e. The molecule has 0 N–H and O–H groups in total. The van der Waals surface area contributed by atoms with Crippen molar-refractivity contribution < 1.29 is 4.74 Å². The Hall–Kier alpha value is -1.20. The highest BCUT2D eigenvalue weighted by molar-refractivity contribution is 5.36. The highest BCUT2D eigenvalue weighted by Gasteiger charge is 2.49. The average Bonchev–Trinajstić information content (AvgIpc) is 2.71. The number of rotatable bonds is 3. The van der Waals surface area contributed by atoms with E-state index in [9.17, 15) is 0 Å². The molecule has 98 valence electrons. The quantitative estimate of drug-likeness (QED) is 0.785. The van der Waals surface area contributed by atoms with Crippen LogP contribution in [0.15, 0.2) is 18.5 Å². The van der Waals surface area contributed by atoms with E-state index in [4.69, 9.17) is 4.74 Å². The molecule has 18 heavy (non-hydrogen) atoms. The third-order valence-electron chi connectivity index (χ3n) is 3.74. The molecule has 0 radical (unpaired) electrons. The van der Waals surface area contributed by atoms with E-state index < -0.39 is 0 Å². The number of ether oxygens (including phenoxy) is 1. The van der Waals surface area contributed by atoms with Crippen molar-refractivity contribution in [3.05, 3.63) is 18.5 Å². The van der Waals surface area contributed by atoms with Gasteiger partial charge in [0.25, 0.3) is 0 Å². The summed E-state index contributed by atoms with van der Waals surface area (Å²) < 4.78 is 5.90. The van der Waals surface area contributed by atoms with Crippen molar-refractivity contribution in [3.8, 4) is 0 Å². The van der Waals surface area contributed by atoms with Gasteiger partial charge in [-0.3, -0.25) is 0 Å². The molecule has 0 aromatic carbocycles. The molecule has 0 amide bonds. The molecule has 2 aliphatic heterocycles. The van der Waals surface area contributed by atoms with Crippen LogP contribution in [0.2, 0.25) is 0 Å². The van der Waals surface area contributed by atoms with Gasteiger partial charge >= 0.3 is 0 Å². The summed E-state index contributed by atoms with van der Waals surface area (Å²) in [5.74, 6) is 0.846. The second-order valence-electron chi connectivity index (χ2n) is 5.80. The minimum atomic E-state index is 0.347. The lowest BCUT2D eigenvalue weighted by molar-refractivity contribution is 0.0720. The van der Waals surface area contributed by atoms with Crippen LogP contribution < -0.4 is 4.90 Å². The highest BCUT2D eigenvalue weighted by atomic mass is 16.5. The van der Waals surface area contributed by atoms with Crippen LogP contribution >= 0.6 is 0 Å². The van der Waals surface area contributed by atoms with Crippen LogP contribution in [0.4, 0.5) is 5.95 Å². The first-order valence-electron chi connectivity index (χ1n) is 6.45. The lowest BCUT2D eigenvalue weighted by Gasteiger charge is -2.47. The van der Waals surface area contributed by atoms with E-state index in [-0.39, 0.29) is 0 Å². The molecule has 2 fully saturated rings. The third kappa shape index (κ3) is 2.20. The first kappa shape index (κ1) is 11.9. The lowest BCUT2D eigenvalue weighted by atomic mass is 9.78. The summed E-state index contributed by atoms with van der Waals surface area (Å²) in [6.07, 6.45) is 5.15. The van der Waals surface area contributed by atoms with Gasteiger partial charge in [0, 0.05) is 37.4 Å². The standard InChI is InChI=1S/C13H20N4O/c1-16(2)7-11-6-13(10-18-11)8-17(9-13)12-14-4-3-5-15-12/h3-5,11H,6-10H2,1-2H3/t11-/m0/s1. The van der Waals surface area contributed by atoms with E-state index >= 15 is 0 Å². The normalized spacial score (nSPS) is 25.7. The predicted octanol–water partition coefficient (Wildman–Crippen LogP) is 0.633. The monoisotopic (exact) mass is 248 g/mol. The summed E-state index contributed by atoms with van der Waals surface area (Å²) >= 11 is 0. The lowest BCUT2D eigenvalue weighted by Crippen LogP contribution is -2.57. The zero-order valence-electron chi connectivity index (χ0n) is 11.0. The molecule has 0 bridgehead atoms. The Bertz CT molecular complexity index is 403. The molecule has 5 heteroatoms. The van der Waals surface area contributed by atoms with Crippen molar-refractivity contribution in [2.75, 3.05) is 45.2 Å². The van der Waals surface area contributed by atoms with E-state index in [0.717, 1.165) is 38.6 Å². The fraction of sp³-hybridized carbons (Fsp3) is 0.692. The predicted molar refractivity (Wildman–Crippen MR) is 69.6 cm³/mol. The Morgan fingerprint density at radius 2 is 2.11 bits per heavy atom. The molecule has 2 aliphatic rings. The molecule has 1 aromatic heterocycles. The molecule has 1 atom stereocenters. The summed E-state index contributed by atoms with van der Waals surface area (Å²) in [5.41, 5.74) is 0.347. The van der Waals surface area contributed by atoms with E-state index in [2.05, 4.69) is 33.9 Å². The number of likely N-dealkylation sites (N-methyl/N-ethyl adjacent to an activating group) is 1. The summed E-state index contributed by atoms with van der Waals surface area (Å²) in [4.78, 5) is 13.0. The van der Waals surface area contributed by atoms with Gasteiger partial charge in [0.2, 0.25) is 5.95 Å². The molecule has 0 saturated carbocycles. The molecule has 3 heterocycles. The van der Waals surface area contributed by atoms with E-state index in [1.165, 1.54) is 0 Å². The smallest absolute Gasteiger partial charge is 0.225 e. The van der Waals surface area contributed by atoms with Crippen LogP contribution in [0.5, 0.6) is 0 Å². The van der Waals surface area contributed by atoms with Gasteiger partial charge in [0.05, 0.1) is 12.7 Å². The van der Waals surface area contributed by atoms with E-state index in [0.29, 0.717) is 11.5 Å². The first-order chi connectivity index (χ1) is 8.67. The van der Waals surface area contributed by atoms with E-state index in [1.54, 1.807) is 12.4 Å². The zero-order valence-corrected chi connectivity index (χ0v) is 11.0. The summed E-state index contributed by atoms with van der Waals surface area (Å²) in [5, 5.41) is 0. The third-order valence-corrected chi connectivity index (χ3v) is 3.74. The fourth-order valence-electron chi connectivity index (χ4n) is 3.00. The van der Waals surface area contributed by atoms with Crippen LogP contribution in [-0.4, -0.2) is 61.3 Å². The topological polar surface area (TPSA) is 41.5 Å². The summed E-state index contributed by atoms with van der Waals surface area (Å²) in [7, 11) is 4.19. The zero-order chi connectivity index (χ0) is 12.6. The van der Waals surface area contributed by atoms with Gasteiger partial charge in [-0.25, -0.2) is 9.97 Å². The molecular formula is C13H20N4O. The SMILES string of the molecule is CN(C)C[C@@H]1CC2(CO1)CN(c1ncccn1)C2. The second-order valence-corrected chi connectivity index (χ2v) is 5.80. The second kappa shape index (κ2) is 4.48. The molecule has 0 aliphatic carbocycles. The Kier molecular flexibility index (Phi) is 2.95. The van der Waals surface area contributed by atoms with Crippen molar-refractivity contribution in [2.45, 2.75) is 12.5 Å². The van der Waals surface area contributed by atoms with Crippen molar-refractivity contribution >= 4 is 5.95 Å². The van der Waals surface area contributed by atoms with Gasteiger partial charge in [0.15, 0.2) is 0 Å². The highest BCUT2D eigenvalue weighted by Crippen LogP contribution is 2.42. The van der Waals surface area contributed by atoms with Gasteiger partial charge in [-0.05, 0) is 26.6 Å². The molecule has 0 unspecified atom stereocenters. The van der Waals surface area contributed by atoms with Gasteiger partial charge in [0.1, 0.15) is 0 Å². The van der Waals surface area contributed by atoms with Crippen LogP contribution in [0.25, 0.3) is 0 Å². The maximum absolute atomic E-state index is 5.90. The Morgan fingerprint density at radius 3 is 2.78 bits per heavy atom. The van der Waals surface area contributed by atoms with Gasteiger partial charge < -0.3 is 14.5 Å². The summed E-state index contributed by atoms with van der Waals surface area (Å²) in [6.45, 7) is 3.96. The van der Waals surface area contributed by atoms with Crippen molar-refractivity contribution in [1.82, 2.24) is 14.9 Å². The maximum Gasteiger partial charge on any atom is 0.225 e. The van der Waals surface area contributed by atoms with Crippen LogP contribution in [0, 0.1) is 5.41 Å². The van der Waals surface area contributed by atoms with E-state index in [1.807, 2.05) is 6.07 Å². The molecule has 2 saturated heterocycles. The van der Waals surface area contributed by atoms with Gasteiger partial charge in [-0.2, -0.15) is 0 Å². The van der Waals surface area contributed by atoms with Crippen LogP contribution in [0.1, 0.15) is 6.42 Å². The minimum absolute atomic E-state index is 0.347. The maximum atomic E-state index is 5.90. The average molecular weight is 248 g/mol. The molecule has 1 spiro atoms.